The van der Waals surface area contributed by atoms with Crippen LogP contribution < -0.4 is 5.73 Å². The normalized spacial score (nSPS) is 13.4. The molecular weight excluding hydrogens is 162 g/mol. The van der Waals surface area contributed by atoms with E-state index < -0.39 is 0 Å². The molecule has 0 aromatic rings. The van der Waals surface area contributed by atoms with Crippen molar-refractivity contribution >= 4 is 0 Å². The molecule has 0 fully saturated rings. The first-order chi connectivity index (χ1) is 5.83. The lowest BCUT2D eigenvalue weighted by atomic mass is 9.81. The molecule has 0 aromatic carbocycles. The molecule has 0 amide bonds. The molecule has 80 valence electrons. The zero-order valence-electron chi connectivity index (χ0n) is 9.81. The van der Waals surface area contributed by atoms with E-state index in [2.05, 4.69) is 27.7 Å². The number of nitrogens with two attached hydrogens (primary N) is 1. The molecule has 0 bridgehead atoms. The maximum atomic E-state index is 5.56. The molecule has 0 spiro atoms. The molecule has 2 heteroatoms. The van der Waals surface area contributed by atoms with Gasteiger partial charge in [0.05, 0.1) is 5.60 Å². The van der Waals surface area contributed by atoms with Gasteiger partial charge in [0.1, 0.15) is 0 Å². The maximum Gasteiger partial charge on any atom is 0.0623 e. The van der Waals surface area contributed by atoms with E-state index in [1.807, 2.05) is 0 Å². The predicted molar refractivity (Wildman–Crippen MR) is 57.8 cm³/mol. The van der Waals surface area contributed by atoms with Crippen LogP contribution in [0.25, 0.3) is 0 Å². The summed E-state index contributed by atoms with van der Waals surface area (Å²) >= 11 is 0. The summed E-state index contributed by atoms with van der Waals surface area (Å²) < 4.78 is 5.38. The summed E-state index contributed by atoms with van der Waals surface area (Å²) in [5.74, 6) is 0. The quantitative estimate of drug-likeness (QED) is 0.693. The van der Waals surface area contributed by atoms with Crippen molar-refractivity contribution in [1.82, 2.24) is 0 Å². The van der Waals surface area contributed by atoms with Crippen molar-refractivity contribution in [3.8, 4) is 0 Å². The van der Waals surface area contributed by atoms with Crippen LogP contribution in [0.1, 0.15) is 47.0 Å². The van der Waals surface area contributed by atoms with Gasteiger partial charge in [0.15, 0.2) is 0 Å². The van der Waals surface area contributed by atoms with E-state index in [4.69, 9.17) is 10.5 Å². The molecule has 0 aliphatic heterocycles. The Bertz CT molecular complexity index is 141. The first-order valence-electron chi connectivity index (χ1n) is 5.08. The number of hydrogen-bond acceptors (Lipinski definition) is 2. The topological polar surface area (TPSA) is 35.2 Å². The van der Waals surface area contributed by atoms with Crippen molar-refractivity contribution in [2.75, 3.05) is 13.7 Å². The fourth-order valence-electron chi connectivity index (χ4n) is 1.26. The molecular formula is C11H25NO. The number of ether oxygens (including phenoxy) is 1. The predicted octanol–water partition coefficient (Wildman–Crippen LogP) is 2.57. The van der Waals surface area contributed by atoms with Gasteiger partial charge in [-0.3, -0.25) is 0 Å². The minimum Gasteiger partial charge on any atom is -0.379 e. The summed E-state index contributed by atoms with van der Waals surface area (Å²) in [5, 5.41) is 0. The van der Waals surface area contributed by atoms with Gasteiger partial charge in [-0.15, -0.1) is 0 Å². The zero-order chi connectivity index (χ0) is 10.5. The van der Waals surface area contributed by atoms with E-state index in [1.54, 1.807) is 7.11 Å². The van der Waals surface area contributed by atoms with Crippen LogP contribution in [0.5, 0.6) is 0 Å². The van der Waals surface area contributed by atoms with Crippen LogP contribution in [0.2, 0.25) is 0 Å². The smallest absolute Gasteiger partial charge is 0.0623 e. The van der Waals surface area contributed by atoms with E-state index in [0.29, 0.717) is 5.41 Å². The van der Waals surface area contributed by atoms with E-state index in [-0.39, 0.29) is 5.60 Å². The molecule has 0 radical (unpaired) electrons. The lowest BCUT2D eigenvalue weighted by Gasteiger charge is -2.30. The molecule has 0 heterocycles. The second-order valence-electron chi connectivity index (χ2n) is 5.17. The standard InChI is InChI=1S/C11H25NO/c1-10(2,8-9-12)6-7-11(3,4)13-5/h6-9,12H2,1-5H3. The average molecular weight is 187 g/mol. The summed E-state index contributed by atoms with van der Waals surface area (Å²) in [5.41, 5.74) is 5.91. The van der Waals surface area contributed by atoms with Crippen LogP contribution in [-0.4, -0.2) is 19.3 Å². The van der Waals surface area contributed by atoms with Crippen molar-refractivity contribution in [3.05, 3.63) is 0 Å². The average Bonchev–Trinajstić information content (AvgIpc) is 2.02. The lowest BCUT2D eigenvalue weighted by Crippen LogP contribution is -2.26. The number of rotatable bonds is 6. The van der Waals surface area contributed by atoms with Crippen LogP contribution in [0.4, 0.5) is 0 Å². The highest BCUT2D eigenvalue weighted by Crippen LogP contribution is 2.30. The Hall–Kier alpha value is -0.0800. The minimum atomic E-state index is 0.00582. The molecule has 0 aliphatic rings. The Kier molecular flexibility index (Phi) is 4.93. The third kappa shape index (κ3) is 6.05. The Morgan fingerprint density at radius 1 is 1.00 bits per heavy atom. The Morgan fingerprint density at radius 3 is 1.92 bits per heavy atom. The number of methoxy groups -OCH3 is 1. The molecule has 0 rings (SSSR count). The summed E-state index contributed by atoms with van der Waals surface area (Å²) in [6, 6.07) is 0. The highest BCUT2D eigenvalue weighted by atomic mass is 16.5. The molecule has 2 N–H and O–H groups in total. The molecule has 13 heavy (non-hydrogen) atoms. The van der Waals surface area contributed by atoms with Crippen LogP contribution >= 0.6 is 0 Å². The second kappa shape index (κ2) is 4.97. The van der Waals surface area contributed by atoms with Gasteiger partial charge in [0.2, 0.25) is 0 Å². The van der Waals surface area contributed by atoms with Crippen molar-refractivity contribution in [2.45, 2.75) is 52.6 Å². The van der Waals surface area contributed by atoms with Gasteiger partial charge in [-0.1, -0.05) is 13.8 Å². The van der Waals surface area contributed by atoms with Crippen LogP contribution in [0.3, 0.4) is 0 Å². The largest absolute Gasteiger partial charge is 0.379 e. The van der Waals surface area contributed by atoms with E-state index in [0.717, 1.165) is 19.4 Å². The van der Waals surface area contributed by atoms with Gasteiger partial charge in [0, 0.05) is 7.11 Å². The highest BCUT2D eigenvalue weighted by Gasteiger charge is 2.23. The maximum absolute atomic E-state index is 5.56. The Labute approximate surface area is 82.8 Å². The van der Waals surface area contributed by atoms with Gasteiger partial charge >= 0.3 is 0 Å². The van der Waals surface area contributed by atoms with Gasteiger partial charge in [-0.25, -0.2) is 0 Å². The van der Waals surface area contributed by atoms with Crippen LogP contribution in [0.15, 0.2) is 0 Å². The van der Waals surface area contributed by atoms with Crippen LogP contribution in [-0.2, 0) is 4.74 Å². The summed E-state index contributed by atoms with van der Waals surface area (Å²) in [6.45, 7) is 9.58. The van der Waals surface area contributed by atoms with E-state index in [9.17, 15) is 0 Å². The molecule has 0 unspecified atom stereocenters. The van der Waals surface area contributed by atoms with Gasteiger partial charge in [-0.2, -0.15) is 0 Å². The summed E-state index contributed by atoms with van der Waals surface area (Å²) in [7, 11) is 1.77. The van der Waals surface area contributed by atoms with Crippen molar-refractivity contribution in [3.63, 3.8) is 0 Å². The van der Waals surface area contributed by atoms with Crippen molar-refractivity contribution < 1.29 is 4.74 Å². The van der Waals surface area contributed by atoms with Crippen molar-refractivity contribution in [2.24, 2.45) is 11.1 Å². The van der Waals surface area contributed by atoms with E-state index >= 15 is 0 Å². The van der Waals surface area contributed by atoms with E-state index in [1.165, 1.54) is 6.42 Å². The third-order valence-corrected chi connectivity index (χ3v) is 2.78. The van der Waals surface area contributed by atoms with Gasteiger partial charge < -0.3 is 10.5 Å². The Morgan fingerprint density at radius 2 is 1.54 bits per heavy atom. The Balaban J connectivity index is 3.86. The van der Waals surface area contributed by atoms with Gasteiger partial charge in [0.25, 0.3) is 0 Å². The fraction of sp³-hybridized carbons (Fsp3) is 1.00. The van der Waals surface area contributed by atoms with Gasteiger partial charge in [-0.05, 0) is 45.1 Å². The molecule has 0 saturated heterocycles. The second-order valence-corrected chi connectivity index (χ2v) is 5.17. The number of hydrogen-bond donors (Lipinski definition) is 1. The van der Waals surface area contributed by atoms with Crippen LogP contribution in [0, 0.1) is 5.41 Å². The summed E-state index contributed by atoms with van der Waals surface area (Å²) in [4.78, 5) is 0. The minimum absolute atomic E-state index is 0.00582. The first kappa shape index (κ1) is 12.9. The molecule has 0 aromatic heterocycles. The van der Waals surface area contributed by atoms with Crippen molar-refractivity contribution in [1.29, 1.82) is 0 Å². The fourth-order valence-corrected chi connectivity index (χ4v) is 1.26. The third-order valence-electron chi connectivity index (χ3n) is 2.78. The molecule has 0 saturated carbocycles. The molecule has 0 aliphatic carbocycles. The first-order valence-corrected chi connectivity index (χ1v) is 5.08. The summed E-state index contributed by atoms with van der Waals surface area (Å²) in [6.07, 6.45) is 3.36. The lowest BCUT2D eigenvalue weighted by molar-refractivity contribution is 0.00545. The monoisotopic (exact) mass is 187 g/mol. The zero-order valence-corrected chi connectivity index (χ0v) is 9.81. The molecule has 0 atom stereocenters. The SMILES string of the molecule is COC(C)(C)CCC(C)(C)CCN. The molecule has 2 nitrogen and oxygen atoms in total. The highest BCUT2D eigenvalue weighted by molar-refractivity contribution is 4.75.